The normalized spacial score (nSPS) is 18.7. The van der Waals surface area contributed by atoms with Gasteiger partial charge in [0.1, 0.15) is 6.04 Å². The van der Waals surface area contributed by atoms with Gasteiger partial charge < -0.3 is 5.11 Å². The minimum Gasteiger partial charge on any atom is -0.480 e. The van der Waals surface area contributed by atoms with Gasteiger partial charge in [0.15, 0.2) is 5.82 Å². The summed E-state index contributed by atoms with van der Waals surface area (Å²) in [7, 11) is 0. The van der Waals surface area contributed by atoms with Crippen LogP contribution >= 0.6 is 0 Å². The van der Waals surface area contributed by atoms with Crippen molar-refractivity contribution in [3.05, 3.63) is 5.82 Å². The van der Waals surface area contributed by atoms with Crippen molar-refractivity contribution < 1.29 is 9.90 Å². The van der Waals surface area contributed by atoms with E-state index in [2.05, 4.69) is 15.5 Å². The van der Waals surface area contributed by atoms with Gasteiger partial charge in [-0.05, 0) is 29.7 Å². The number of aliphatic carboxylic acids is 1. The van der Waals surface area contributed by atoms with Crippen LogP contribution in [-0.2, 0) is 11.2 Å². The Morgan fingerprint density at radius 3 is 2.83 bits per heavy atom. The monoisotopic (exact) mass is 252 g/mol. The van der Waals surface area contributed by atoms with Crippen LogP contribution in [0.15, 0.2) is 0 Å². The number of hydrogen-bond donors (Lipinski definition) is 1. The van der Waals surface area contributed by atoms with Crippen molar-refractivity contribution in [2.24, 2.45) is 5.92 Å². The number of rotatable bonds is 5. The molecule has 1 unspecified atom stereocenters. The molecule has 18 heavy (non-hydrogen) atoms. The fourth-order valence-electron chi connectivity index (χ4n) is 2.59. The van der Waals surface area contributed by atoms with Crippen LogP contribution in [0.25, 0.3) is 0 Å². The lowest BCUT2D eigenvalue weighted by Gasteiger charge is -2.21. The lowest BCUT2D eigenvalue weighted by Crippen LogP contribution is -2.20. The Morgan fingerprint density at radius 2 is 2.17 bits per heavy atom. The molecular weight excluding hydrogens is 232 g/mol. The van der Waals surface area contributed by atoms with E-state index in [4.69, 9.17) is 5.11 Å². The van der Waals surface area contributed by atoms with Crippen LogP contribution < -0.4 is 0 Å². The summed E-state index contributed by atoms with van der Waals surface area (Å²) in [6, 6.07) is -0.693. The van der Waals surface area contributed by atoms with E-state index in [0.717, 1.165) is 18.8 Å². The van der Waals surface area contributed by atoms with E-state index in [0.29, 0.717) is 5.82 Å². The van der Waals surface area contributed by atoms with E-state index in [9.17, 15) is 4.79 Å². The molecule has 1 saturated carbocycles. The van der Waals surface area contributed by atoms with Crippen molar-refractivity contribution in [3.63, 3.8) is 0 Å². The molecule has 1 aliphatic carbocycles. The van der Waals surface area contributed by atoms with Crippen LogP contribution in [0.5, 0.6) is 0 Å². The van der Waals surface area contributed by atoms with E-state index in [1.165, 1.54) is 36.8 Å². The second-order valence-corrected chi connectivity index (χ2v) is 5.10. The minimum absolute atomic E-state index is 0.690. The van der Waals surface area contributed by atoms with Crippen molar-refractivity contribution in [1.29, 1.82) is 0 Å². The average Bonchev–Trinajstić information content (AvgIpc) is 2.84. The Bertz CT molecular complexity index is 399. The second-order valence-electron chi connectivity index (χ2n) is 5.10. The van der Waals surface area contributed by atoms with Crippen molar-refractivity contribution in [2.45, 2.75) is 57.9 Å². The molecule has 1 N–H and O–H groups in total. The summed E-state index contributed by atoms with van der Waals surface area (Å²) < 4.78 is 1.42. The Balaban J connectivity index is 1.92. The maximum absolute atomic E-state index is 10.9. The number of nitrogens with zero attached hydrogens (tertiary/aromatic N) is 4. The van der Waals surface area contributed by atoms with E-state index in [1.54, 1.807) is 6.92 Å². The Kier molecular flexibility index (Phi) is 4.28. The summed E-state index contributed by atoms with van der Waals surface area (Å²) in [6.45, 7) is 1.60. The first-order valence-electron chi connectivity index (χ1n) is 6.68. The first kappa shape index (κ1) is 13.0. The summed E-state index contributed by atoms with van der Waals surface area (Å²) in [6.07, 6.45) is 8.40. The van der Waals surface area contributed by atoms with Gasteiger partial charge in [0, 0.05) is 6.42 Å². The Hall–Kier alpha value is -1.46. The second kappa shape index (κ2) is 5.93. The molecule has 0 radical (unpaired) electrons. The molecule has 6 nitrogen and oxygen atoms in total. The van der Waals surface area contributed by atoms with Gasteiger partial charge in [-0.15, -0.1) is 5.10 Å². The minimum atomic E-state index is -0.902. The topological polar surface area (TPSA) is 80.9 Å². The number of carboxylic acid groups (broad SMARTS) is 1. The van der Waals surface area contributed by atoms with Crippen LogP contribution in [0.2, 0.25) is 0 Å². The van der Waals surface area contributed by atoms with E-state index in [-0.39, 0.29) is 0 Å². The third-order valence-corrected chi connectivity index (χ3v) is 3.79. The third kappa shape index (κ3) is 3.05. The lowest BCUT2D eigenvalue weighted by molar-refractivity contribution is -0.140. The standard InChI is InChI=1S/C12H20N4O2/c1-9(12(17)18)16-11(13-14-15-16)8-7-10-5-3-2-4-6-10/h9-10H,2-8H2,1H3,(H,17,18). The van der Waals surface area contributed by atoms with Gasteiger partial charge >= 0.3 is 5.97 Å². The molecule has 1 aromatic rings. The summed E-state index contributed by atoms with van der Waals surface area (Å²) in [4.78, 5) is 10.9. The molecule has 6 heteroatoms. The molecule has 0 bridgehead atoms. The molecule has 0 saturated heterocycles. The first-order valence-corrected chi connectivity index (χ1v) is 6.68. The van der Waals surface area contributed by atoms with Crippen molar-refractivity contribution in [2.75, 3.05) is 0 Å². The fraction of sp³-hybridized carbons (Fsp3) is 0.833. The van der Waals surface area contributed by atoms with Gasteiger partial charge in [-0.1, -0.05) is 32.1 Å². The van der Waals surface area contributed by atoms with Crippen molar-refractivity contribution >= 4 is 5.97 Å². The Labute approximate surface area is 106 Å². The predicted octanol–water partition coefficient (Wildman–Crippen LogP) is 1.83. The molecule has 1 fully saturated rings. The number of aromatic nitrogens is 4. The number of aryl methyl sites for hydroxylation is 1. The molecule has 1 heterocycles. The molecule has 1 aromatic heterocycles. The smallest absolute Gasteiger partial charge is 0.328 e. The molecule has 100 valence electrons. The van der Waals surface area contributed by atoms with Crippen molar-refractivity contribution in [3.8, 4) is 0 Å². The maximum Gasteiger partial charge on any atom is 0.328 e. The van der Waals surface area contributed by atoms with Gasteiger partial charge in [0.2, 0.25) is 0 Å². The SMILES string of the molecule is CC(C(=O)O)n1nnnc1CCC1CCCCC1. The van der Waals surface area contributed by atoms with Crippen LogP contribution in [0, 0.1) is 5.92 Å². The third-order valence-electron chi connectivity index (χ3n) is 3.79. The summed E-state index contributed by atoms with van der Waals surface area (Å²) >= 11 is 0. The number of carboxylic acids is 1. The molecule has 2 rings (SSSR count). The van der Waals surface area contributed by atoms with Gasteiger partial charge in [-0.3, -0.25) is 0 Å². The number of tetrazole rings is 1. The molecule has 0 spiro atoms. The van der Waals surface area contributed by atoms with Crippen molar-refractivity contribution in [1.82, 2.24) is 20.2 Å². The molecule has 0 aliphatic heterocycles. The van der Waals surface area contributed by atoms with E-state index < -0.39 is 12.0 Å². The zero-order chi connectivity index (χ0) is 13.0. The van der Waals surface area contributed by atoms with Crippen LogP contribution in [-0.4, -0.2) is 31.3 Å². The molecule has 0 aromatic carbocycles. The zero-order valence-corrected chi connectivity index (χ0v) is 10.7. The van der Waals surface area contributed by atoms with Gasteiger partial charge in [-0.2, -0.15) is 0 Å². The average molecular weight is 252 g/mol. The summed E-state index contributed by atoms with van der Waals surface area (Å²) in [5.74, 6) is 0.542. The summed E-state index contributed by atoms with van der Waals surface area (Å²) in [5.41, 5.74) is 0. The fourth-order valence-corrected chi connectivity index (χ4v) is 2.59. The van der Waals surface area contributed by atoms with Crippen LogP contribution in [0.3, 0.4) is 0 Å². The van der Waals surface area contributed by atoms with E-state index >= 15 is 0 Å². The molecule has 0 amide bonds. The highest BCUT2D eigenvalue weighted by atomic mass is 16.4. The van der Waals surface area contributed by atoms with Gasteiger partial charge in [0.25, 0.3) is 0 Å². The highest BCUT2D eigenvalue weighted by Gasteiger charge is 2.20. The van der Waals surface area contributed by atoms with Crippen LogP contribution in [0.1, 0.15) is 57.3 Å². The van der Waals surface area contributed by atoms with Crippen LogP contribution in [0.4, 0.5) is 0 Å². The number of carbonyl (C=O) groups is 1. The highest BCUT2D eigenvalue weighted by Crippen LogP contribution is 2.27. The first-order chi connectivity index (χ1) is 8.68. The van der Waals surface area contributed by atoms with Gasteiger partial charge in [-0.25, -0.2) is 9.48 Å². The quantitative estimate of drug-likeness (QED) is 0.864. The number of hydrogen-bond acceptors (Lipinski definition) is 4. The van der Waals surface area contributed by atoms with Gasteiger partial charge in [0.05, 0.1) is 0 Å². The highest BCUT2D eigenvalue weighted by molar-refractivity contribution is 5.71. The Morgan fingerprint density at radius 1 is 1.44 bits per heavy atom. The summed E-state index contributed by atoms with van der Waals surface area (Å²) in [5, 5.41) is 20.3. The maximum atomic E-state index is 10.9. The molecule has 1 atom stereocenters. The predicted molar refractivity (Wildman–Crippen MR) is 65.1 cm³/mol. The largest absolute Gasteiger partial charge is 0.480 e. The zero-order valence-electron chi connectivity index (χ0n) is 10.7. The van der Waals surface area contributed by atoms with E-state index in [1.807, 2.05) is 0 Å². The molecule has 1 aliphatic rings. The molecular formula is C12H20N4O2. The lowest BCUT2D eigenvalue weighted by atomic mass is 9.86.